The van der Waals surface area contributed by atoms with E-state index in [1.165, 1.54) is 18.4 Å². The topological polar surface area (TPSA) is 43.4 Å². The number of benzene rings is 1. The molecule has 0 amide bonds. The Balaban J connectivity index is 0.00000288. The number of nitrogens with one attached hydrogen (secondary N) is 1. The Morgan fingerprint density at radius 3 is 2.58 bits per heavy atom. The lowest BCUT2D eigenvalue weighted by Gasteiger charge is -2.12. The molecule has 0 unspecified atom stereocenters. The summed E-state index contributed by atoms with van der Waals surface area (Å²) >= 11 is 5.78. The predicted molar refractivity (Wildman–Crippen MR) is 100 cm³/mol. The third-order valence-corrected chi connectivity index (χ3v) is 3.67. The van der Waals surface area contributed by atoms with Crippen LogP contribution in [0.2, 0.25) is 5.15 Å². The van der Waals surface area contributed by atoms with Gasteiger partial charge in [-0.2, -0.15) is 0 Å². The number of rotatable bonds is 9. The molecule has 0 aliphatic rings. The Labute approximate surface area is 154 Å². The molecule has 24 heavy (non-hydrogen) atoms. The lowest BCUT2D eigenvalue weighted by atomic mass is 10.2. The Morgan fingerprint density at radius 1 is 1.12 bits per heavy atom. The van der Waals surface area contributed by atoms with Crippen LogP contribution in [0.4, 0.5) is 0 Å². The van der Waals surface area contributed by atoms with Crippen molar-refractivity contribution in [2.45, 2.75) is 32.9 Å². The first-order valence-corrected chi connectivity index (χ1v) is 8.21. The highest BCUT2D eigenvalue weighted by Gasteiger charge is 2.06. The van der Waals surface area contributed by atoms with Gasteiger partial charge >= 0.3 is 0 Å². The first kappa shape index (κ1) is 20.6. The van der Waals surface area contributed by atoms with Gasteiger partial charge in [-0.1, -0.05) is 37.1 Å². The molecule has 0 saturated heterocycles. The van der Waals surface area contributed by atoms with Gasteiger partial charge in [-0.05, 0) is 36.7 Å². The number of nitrogens with zero attached hydrogens (tertiary/aromatic N) is 1. The minimum absolute atomic E-state index is 0. The molecule has 1 heterocycles. The molecule has 6 heteroatoms. The second kappa shape index (κ2) is 11.1. The van der Waals surface area contributed by atoms with Crippen LogP contribution in [0.25, 0.3) is 0 Å². The lowest BCUT2D eigenvalue weighted by Crippen LogP contribution is -2.14. The fourth-order valence-electron chi connectivity index (χ4n) is 2.13. The van der Waals surface area contributed by atoms with Gasteiger partial charge in [0.1, 0.15) is 11.8 Å². The van der Waals surface area contributed by atoms with Crippen molar-refractivity contribution < 1.29 is 9.47 Å². The molecule has 1 N–H and O–H groups in total. The number of unbranched alkanes of at least 4 members (excludes halogenated alkanes) is 1. The van der Waals surface area contributed by atoms with Gasteiger partial charge in [0.2, 0.25) is 0 Å². The van der Waals surface area contributed by atoms with Gasteiger partial charge in [0.05, 0.1) is 7.11 Å². The van der Waals surface area contributed by atoms with Crippen LogP contribution in [0.3, 0.4) is 0 Å². The normalized spacial score (nSPS) is 10.1. The van der Waals surface area contributed by atoms with Crippen LogP contribution in [0.5, 0.6) is 11.5 Å². The van der Waals surface area contributed by atoms with E-state index in [1.54, 1.807) is 19.4 Å². The van der Waals surface area contributed by atoms with Gasteiger partial charge in [-0.15, -0.1) is 12.4 Å². The first-order chi connectivity index (χ1) is 11.2. The summed E-state index contributed by atoms with van der Waals surface area (Å²) in [6.07, 6.45) is 4.09. The minimum Gasteiger partial charge on any atom is -0.493 e. The van der Waals surface area contributed by atoms with E-state index < -0.39 is 0 Å². The summed E-state index contributed by atoms with van der Waals surface area (Å²) in [6, 6.07) is 9.65. The van der Waals surface area contributed by atoms with Crippen molar-refractivity contribution in [1.29, 1.82) is 0 Å². The number of pyridine rings is 1. The monoisotopic (exact) mass is 370 g/mol. The van der Waals surface area contributed by atoms with Crippen LogP contribution in [-0.2, 0) is 13.2 Å². The zero-order valence-electron chi connectivity index (χ0n) is 14.0. The molecule has 0 bridgehead atoms. The quantitative estimate of drug-likeness (QED) is 0.515. The van der Waals surface area contributed by atoms with Crippen molar-refractivity contribution in [3.8, 4) is 11.5 Å². The van der Waals surface area contributed by atoms with E-state index in [4.69, 9.17) is 21.1 Å². The van der Waals surface area contributed by atoms with Gasteiger partial charge < -0.3 is 14.8 Å². The molecule has 1 aromatic heterocycles. The Morgan fingerprint density at radius 2 is 1.92 bits per heavy atom. The summed E-state index contributed by atoms with van der Waals surface area (Å²) in [4.78, 5) is 4.04. The smallest absolute Gasteiger partial charge is 0.161 e. The number of aromatic nitrogens is 1. The van der Waals surface area contributed by atoms with Crippen LogP contribution in [0, 0.1) is 0 Å². The van der Waals surface area contributed by atoms with E-state index in [2.05, 4.69) is 23.3 Å². The SMILES string of the molecule is CCCCNCc1ccc(OCc2ccc(Cl)nc2)c(OC)c1.Cl. The van der Waals surface area contributed by atoms with Crippen LogP contribution in [-0.4, -0.2) is 18.6 Å². The van der Waals surface area contributed by atoms with Crippen molar-refractivity contribution in [3.05, 3.63) is 52.8 Å². The number of hydrogen-bond donors (Lipinski definition) is 1. The third-order valence-electron chi connectivity index (χ3n) is 3.45. The van der Waals surface area contributed by atoms with Gasteiger partial charge in [0.25, 0.3) is 0 Å². The molecule has 132 valence electrons. The second-order valence-corrected chi connectivity index (χ2v) is 5.68. The molecule has 0 aliphatic carbocycles. The van der Waals surface area contributed by atoms with Crippen molar-refractivity contribution in [2.24, 2.45) is 0 Å². The number of halogens is 2. The molecule has 1 aromatic carbocycles. The summed E-state index contributed by atoms with van der Waals surface area (Å²) in [5, 5.41) is 3.90. The summed E-state index contributed by atoms with van der Waals surface area (Å²) in [5.41, 5.74) is 2.14. The molecule has 0 atom stereocenters. The van der Waals surface area contributed by atoms with Crippen LogP contribution >= 0.6 is 24.0 Å². The maximum atomic E-state index is 5.82. The highest BCUT2D eigenvalue weighted by atomic mass is 35.5. The minimum atomic E-state index is 0. The van der Waals surface area contributed by atoms with Crippen molar-refractivity contribution in [2.75, 3.05) is 13.7 Å². The number of hydrogen-bond acceptors (Lipinski definition) is 4. The lowest BCUT2D eigenvalue weighted by molar-refractivity contribution is 0.284. The maximum Gasteiger partial charge on any atom is 0.161 e. The molecule has 0 radical (unpaired) electrons. The van der Waals surface area contributed by atoms with Gasteiger partial charge in [0.15, 0.2) is 11.5 Å². The average molecular weight is 371 g/mol. The molecule has 0 spiro atoms. The molecule has 2 aromatic rings. The molecule has 0 aliphatic heterocycles. The fourth-order valence-corrected chi connectivity index (χ4v) is 2.24. The fraction of sp³-hybridized carbons (Fsp3) is 0.389. The Hall–Kier alpha value is -1.49. The van der Waals surface area contributed by atoms with E-state index in [0.717, 1.165) is 30.2 Å². The van der Waals surface area contributed by atoms with E-state index in [9.17, 15) is 0 Å². The Kier molecular flexibility index (Phi) is 9.53. The summed E-state index contributed by atoms with van der Waals surface area (Å²) in [7, 11) is 1.65. The summed E-state index contributed by atoms with van der Waals surface area (Å²) in [6.45, 7) is 4.47. The molecule has 4 nitrogen and oxygen atoms in total. The molecule has 2 rings (SSSR count). The van der Waals surface area contributed by atoms with E-state index in [1.807, 2.05) is 18.2 Å². The van der Waals surface area contributed by atoms with Crippen LogP contribution < -0.4 is 14.8 Å². The average Bonchev–Trinajstić information content (AvgIpc) is 2.58. The van der Waals surface area contributed by atoms with Gasteiger partial charge in [-0.3, -0.25) is 0 Å². The van der Waals surface area contributed by atoms with Gasteiger partial charge in [-0.25, -0.2) is 4.98 Å². The maximum absolute atomic E-state index is 5.82. The molecule has 0 saturated carbocycles. The second-order valence-electron chi connectivity index (χ2n) is 5.29. The molecule has 0 fully saturated rings. The van der Waals surface area contributed by atoms with Crippen molar-refractivity contribution in [1.82, 2.24) is 10.3 Å². The van der Waals surface area contributed by atoms with Gasteiger partial charge in [0, 0.05) is 18.3 Å². The summed E-state index contributed by atoms with van der Waals surface area (Å²) in [5.74, 6) is 1.46. The van der Waals surface area contributed by atoms with E-state index in [0.29, 0.717) is 11.8 Å². The summed E-state index contributed by atoms with van der Waals surface area (Å²) < 4.78 is 11.3. The zero-order valence-corrected chi connectivity index (χ0v) is 15.6. The largest absolute Gasteiger partial charge is 0.493 e. The standard InChI is InChI=1S/C18H23ClN2O2.ClH/c1-3-4-9-20-11-14-5-7-16(17(10-14)22-2)23-13-15-6-8-18(19)21-12-15;/h5-8,10,12,20H,3-4,9,11,13H2,1-2H3;1H. The highest BCUT2D eigenvalue weighted by Crippen LogP contribution is 2.28. The third kappa shape index (κ3) is 6.56. The predicted octanol–water partition coefficient (Wildman–Crippen LogP) is 4.63. The zero-order chi connectivity index (χ0) is 16.5. The van der Waals surface area contributed by atoms with E-state index >= 15 is 0 Å². The Bertz CT molecular complexity index is 606. The molecular weight excluding hydrogens is 347 g/mol. The number of methoxy groups -OCH3 is 1. The molecular formula is C18H24Cl2N2O2. The van der Waals surface area contributed by atoms with E-state index in [-0.39, 0.29) is 12.4 Å². The van der Waals surface area contributed by atoms with Crippen molar-refractivity contribution in [3.63, 3.8) is 0 Å². The first-order valence-electron chi connectivity index (χ1n) is 7.83. The highest BCUT2D eigenvalue weighted by molar-refractivity contribution is 6.29. The number of ether oxygens (including phenoxy) is 2. The van der Waals surface area contributed by atoms with Crippen LogP contribution in [0.1, 0.15) is 30.9 Å². The van der Waals surface area contributed by atoms with Crippen molar-refractivity contribution >= 4 is 24.0 Å². The van der Waals surface area contributed by atoms with Crippen LogP contribution in [0.15, 0.2) is 36.5 Å².